The van der Waals surface area contributed by atoms with Gasteiger partial charge in [0.2, 0.25) is 0 Å². The first-order chi connectivity index (χ1) is 7.34. The van der Waals surface area contributed by atoms with Crippen molar-refractivity contribution < 1.29 is 9.21 Å². The zero-order chi connectivity index (χ0) is 10.3. The summed E-state index contributed by atoms with van der Waals surface area (Å²) in [6, 6.07) is 3.49. The molecule has 1 aromatic heterocycles. The molecule has 0 bridgehead atoms. The van der Waals surface area contributed by atoms with E-state index in [9.17, 15) is 4.79 Å². The minimum atomic E-state index is 0.0365. The Kier molecular flexibility index (Phi) is 2.02. The van der Waals surface area contributed by atoms with E-state index in [2.05, 4.69) is 5.32 Å². The highest BCUT2D eigenvalue weighted by Gasteiger charge is 2.38. The number of nitrogens with zero attached hydrogens (tertiary/aromatic N) is 1. The van der Waals surface area contributed by atoms with E-state index in [4.69, 9.17) is 4.42 Å². The molecular weight excluding hydrogens is 192 g/mol. The molecule has 2 saturated heterocycles. The van der Waals surface area contributed by atoms with Gasteiger partial charge in [0.05, 0.1) is 6.26 Å². The maximum Gasteiger partial charge on any atom is 0.289 e. The van der Waals surface area contributed by atoms with Gasteiger partial charge in [-0.3, -0.25) is 4.79 Å². The summed E-state index contributed by atoms with van der Waals surface area (Å²) in [5, 5.41) is 3.36. The number of amides is 1. The van der Waals surface area contributed by atoms with Crippen molar-refractivity contribution in [3.05, 3.63) is 24.2 Å². The van der Waals surface area contributed by atoms with E-state index in [1.807, 2.05) is 4.90 Å². The van der Waals surface area contributed by atoms with Gasteiger partial charge in [0.1, 0.15) is 0 Å². The van der Waals surface area contributed by atoms with Gasteiger partial charge in [0.15, 0.2) is 5.76 Å². The number of hydrogen-bond acceptors (Lipinski definition) is 3. The Morgan fingerprint density at radius 1 is 1.40 bits per heavy atom. The normalized spacial score (nSPS) is 29.5. The summed E-state index contributed by atoms with van der Waals surface area (Å²) in [6.07, 6.45) is 1.55. The molecule has 2 fully saturated rings. The van der Waals surface area contributed by atoms with Gasteiger partial charge < -0.3 is 14.6 Å². The molecule has 1 aromatic rings. The van der Waals surface area contributed by atoms with Gasteiger partial charge in [-0.15, -0.1) is 0 Å². The fourth-order valence-electron chi connectivity index (χ4n) is 2.58. The SMILES string of the molecule is O=C(c1ccco1)N1C[C@@H]2CNC[C@H]2C1. The Labute approximate surface area is 88.2 Å². The summed E-state index contributed by atoms with van der Waals surface area (Å²) in [7, 11) is 0. The third-order valence-corrected chi connectivity index (χ3v) is 3.41. The number of likely N-dealkylation sites (tertiary alicyclic amines) is 1. The molecule has 2 aliphatic heterocycles. The predicted molar refractivity (Wildman–Crippen MR) is 54.5 cm³/mol. The molecule has 80 valence electrons. The summed E-state index contributed by atoms with van der Waals surface area (Å²) >= 11 is 0. The Morgan fingerprint density at radius 3 is 2.73 bits per heavy atom. The van der Waals surface area contributed by atoms with Crippen LogP contribution < -0.4 is 5.32 Å². The minimum Gasteiger partial charge on any atom is -0.459 e. The molecule has 2 aliphatic rings. The Balaban J connectivity index is 1.72. The molecule has 4 nitrogen and oxygen atoms in total. The van der Waals surface area contributed by atoms with Gasteiger partial charge in [-0.05, 0) is 24.0 Å². The lowest BCUT2D eigenvalue weighted by atomic mass is 10.0. The van der Waals surface area contributed by atoms with Crippen molar-refractivity contribution >= 4 is 5.91 Å². The standard InChI is InChI=1S/C11H14N2O2/c14-11(10-2-1-3-15-10)13-6-8-4-12-5-9(8)7-13/h1-3,8-9,12H,4-7H2/t8-,9-/m0/s1. The molecule has 15 heavy (non-hydrogen) atoms. The number of furan rings is 1. The van der Waals surface area contributed by atoms with E-state index in [0.29, 0.717) is 17.6 Å². The number of fused-ring (bicyclic) bond motifs is 1. The second kappa shape index (κ2) is 3.38. The van der Waals surface area contributed by atoms with Gasteiger partial charge >= 0.3 is 0 Å². The number of carbonyl (C=O) groups is 1. The molecule has 2 atom stereocenters. The van der Waals surface area contributed by atoms with Crippen LogP contribution in [0.4, 0.5) is 0 Å². The van der Waals surface area contributed by atoms with Crippen molar-refractivity contribution in [3.8, 4) is 0 Å². The lowest BCUT2D eigenvalue weighted by Crippen LogP contribution is -2.31. The average molecular weight is 206 g/mol. The summed E-state index contributed by atoms with van der Waals surface area (Å²) < 4.78 is 5.12. The van der Waals surface area contributed by atoms with Crippen LogP contribution in [0.2, 0.25) is 0 Å². The van der Waals surface area contributed by atoms with Crippen molar-refractivity contribution in [2.45, 2.75) is 0 Å². The van der Waals surface area contributed by atoms with Gasteiger partial charge in [0, 0.05) is 26.2 Å². The van der Waals surface area contributed by atoms with Gasteiger partial charge in [-0.25, -0.2) is 0 Å². The van der Waals surface area contributed by atoms with Crippen LogP contribution in [-0.2, 0) is 0 Å². The second-order valence-electron chi connectivity index (χ2n) is 4.37. The predicted octanol–water partition coefficient (Wildman–Crippen LogP) is 0.571. The molecule has 0 aliphatic carbocycles. The monoisotopic (exact) mass is 206 g/mol. The third kappa shape index (κ3) is 1.45. The molecule has 3 rings (SSSR count). The zero-order valence-corrected chi connectivity index (χ0v) is 8.48. The summed E-state index contributed by atoms with van der Waals surface area (Å²) in [5.74, 6) is 1.78. The molecule has 0 radical (unpaired) electrons. The lowest BCUT2D eigenvalue weighted by Gasteiger charge is -2.15. The van der Waals surface area contributed by atoms with Crippen LogP contribution in [0.25, 0.3) is 0 Å². The topological polar surface area (TPSA) is 45.5 Å². The van der Waals surface area contributed by atoms with Crippen molar-refractivity contribution in [2.75, 3.05) is 26.2 Å². The smallest absolute Gasteiger partial charge is 0.289 e. The molecule has 0 aromatic carbocycles. The van der Waals surface area contributed by atoms with Gasteiger partial charge in [0.25, 0.3) is 5.91 Å². The average Bonchev–Trinajstić information content (AvgIpc) is 2.92. The Bertz CT molecular complexity index is 349. The highest BCUT2D eigenvalue weighted by Crippen LogP contribution is 2.27. The van der Waals surface area contributed by atoms with Gasteiger partial charge in [-0.1, -0.05) is 0 Å². The van der Waals surface area contributed by atoms with Gasteiger partial charge in [-0.2, -0.15) is 0 Å². The number of carbonyl (C=O) groups excluding carboxylic acids is 1. The molecule has 1 amide bonds. The first-order valence-electron chi connectivity index (χ1n) is 5.38. The highest BCUT2D eigenvalue weighted by atomic mass is 16.3. The van der Waals surface area contributed by atoms with Crippen molar-refractivity contribution in [1.82, 2.24) is 10.2 Å². The maximum absolute atomic E-state index is 12.0. The van der Waals surface area contributed by atoms with Crippen molar-refractivity contribution in [2.24, 2.45) is 11.8 Å². The minimum absolute atomic E-state index is 0.0365. The zero-order valence-electron chi connectivity index (χ0n) is 8.48. The molecule has 4 heteroatoms. The first-order valence-corrected chi connectivity index (χ1v) is 5.38. The van der Waals surface area contributed by atoms with Crippen LogP contribution in [0.5, 0.6) is 0 Å². The van der Waals surface area contributed by atoms with Crippen molar-refractivity contribution in [1.29, 1.82) is 0 Å². The molecule has 1 N–H and O–H groups in total. The summed E-state index contributed by atoms with van der Waals surface area (Å²) in [4.78, 5) is 13.9. The van der Waals surface area contributed by atoms with Crippen LogP contribution in [0.15, 0.2) is 22.8 Å². The molecule has 0 spiro atoms. The van der Waals surface area contributed by atoms with Crippen LogP contribution >= 0.6 is 0 Å². The molecule has 3 heterocycles. The Morgan fingerprint density at radius 2 is 2.13 bits per heavy atom. The molecule has 0 saturated carbocycles. The highest BCUT2D eigenvalue weighted by molar-refractivity contribution is 5.91. The molecular formula is C11H14N2O2. The largest absolute Gasteiger partial charge is 0.459 e. The van der Waals surface area contributed by atoms with Crippen LogP contribution in [0.3, 0.4) is 0 Å². The number of nitrogens with one attached hydrogen (secondary N) is 1. The van der Waals surface area contributed by atoms with Crippen molar-refractivity contribution in [3.63, 3.8) is 0 Å². The van der Waals surface area contributed by atoms with E-state index < -0.39 is 0 Å². The third-order valence-electron chi connectivity index (χ3n) is 3.41. The fourth-order valence-corrected chi connectivity index (χ4v) is 2.58. The van der Waals surface area contributed by atoms with E-state index in [1.165, 1.54) is 0 Å². The Hall–Kier alpha value is -1.29. The van der Waals surface area contributed by atoms with Crippen LogP contribution in [0.1, 0.15) is 10.6 Å². The second-order valence-corrected chi connectivity index (χ2v) is 4.37. The van der Waals surface area contributed by atoms with E-state index in [0.717, 1.165) is 26.2 Å². The van der Waals surface area contributed by atoms with E-state index >= 15 is 0 Å². The molecule has 0 unspecified atom stereocenters. The van der Waals surface area contributed by atoms with Crippen LogP contribution in [-0.4, -0.2) is 37.0 Å². The van der Waals surface area contributed by atoms with E-state index in [-0.39, 0.29) is 5.91 Å². The number of rotatable bonds is 1. The van der Waals surface area contributed by atoms with E-state index in [1.54, 1.807) is 18.4 Å². The number of hydrogen-bond donors (Lipinski definition) is 1. The maximum atomic E-state index is 12.0. The summed E-state index contributed by atoms with van der Waals surface area (Å²) in [6.45, 7) is 3.84. The fraction of sp³-hybridized carbons (Fsp3) is 0.545. The first kappa shape index (κ1) is 8.97. The van der Waals surface area contributed by atoms with Crippen LogP contribution in [0, 0.1) is 11.8 Å². The quantitative estimate of drug-likeness (QED) is 0.730. The summed E-state index contributed by atoms with van der Waals surface area (Å²) in [5.41, 5.74) is 0. The lowest BCUT2D eigenvalue weighted by molar-refractivity contribution is 0.0750.